The van der Waals surface area contributed by atoms with Crippen molar-refractivity contribution >= 4 is 11.9 Å². The van der Waals surface area contributed by atoms with Gasteiger partial charge in [-0.05, 0) is 24.1 Å². The number of carbonyl (C=O) groups is 2. The first kappa shape index (κ1) is 16.0. The van der Waals surface area contributed by atoms with Gasteiger partial charge in [0, 0.05) is 12.5 Å². The van der Waals surface area contributed by atoms with Crippen molar-refractivity contribution < 1.29 is 27.9 Å². The second-order valence-electron chi connectivity index (χ2n) is 4.24. The Morgan fingerprint density at radius 1 is 1.25 bits per heavy atom. The van der Waals surface area contributed by atoms with E-state index in [0.29, 0.717) is 12.0 Å². The van der Waals surface area contributed by atoms with E-state index < -0.39 is 18.1 Å². The number of amides is 1. The lowest BCUT2D eigenvalue weighted by atomic mass is 9.95. The van der Waals surface area contributed by atoms with Gasteiger partial charge in [0.05, 0.1) is 5.56 Å². The van der Waals surface area contributed by atoms with E-state index in [-0.39, 0.29) is 18.0 Å². The monoisotopic (exact) mass is 289 g/mol. The van der Waals surface area contributed by atoms with Gasteiger partial charge in [0.2, 0.25) is 0 Å². The van der Waals surface area contributed by atoms with Gasteiger partial charge in [-0.15, -0.1) is 0 Å². The Kier molecular flexibility index (Phi) is 5.12. The molecule has 0 aliphatic carbocycles. The molecule has 20 heavy (non-hydrogen) atoms. The molecule has 0 aliphatic heterocycles. The number of hydrogen-bond acceptors (Lipinski definition) is 2. The molecule has 1 unspecified atom stereocenters. The SMILES string of the molecule is CCC(CNC(=O)C(F)(F)F)c1ccc(C(=O)O)cc1. The zero-order chi connectivity index (χ0) is 15.3. The van der Waals surface area contributed by atoms with Crippen molar-refractivity contribution in [2.24, 2.45) is 0 Å². The van der Waals surface area contributed by atoms with E-state index in [0.717, 1.165) is 0 Å². The van der Waals surface area contributed by atoms with Gasteiger partial charge in [-0.25, -0.2) is 4.79 Å². The summed E-state index contributed by atoms with van der Waals surface area (Å²) in [5, 5.41) is 10.6. The quantitative estimate of drug-likeness (QED) is 0.875. The molecule has 0 aliphatic rings. The maximum absolute atomic E-state index is 12.1. The Hall–Kier alpha value is -2.05. The van der Waals surface area contributed by atoms with Gasteiger partial charge in [0.15, 0.2) is 0 Å². The van der Waals surface area contributed by atoms with Crippen LogP contribution >= 0.6 is 0 Å². The highest BCUT2D eigenvalue weighted by Crippen LogP contribution is 2.20. The zero-order valence-corrected chi connectivity index (χ0v) is 10.7. The van der Waals surface area contributed by atoms with E-state index in [1.54, 1.807) is 6.92 Å². The zero-order valence-electron chi connectivity index (χ0n) is 10.7. The van der Waals surface area contributed by atoms with Crippen LogP contribution in [0.2, 0.25) is 0 Å². The van der Waals surface area contributed by atoms with Crippen molar-refractivity contribution in [3.05, 3.63) is 35.4 Å². The summed E-state index contributed by atoms with van der Waals surface area (Å²) in [5.74, 6) is -3.35. The molecule has 0 fully saturated rings. The molecule has 0 radical (unpaired) electrons. The van der Waals surface area contributed by atoms with Gasteiger partial charge in [-0.3, -0.25) is 4.79 Å². The molecule has 1 rings (SSSR count). The van der Waals surface area contributed by atoms with Crippen LogP contribution in [0.5, 0.6) is 0 Å². The predicted octanol–water partition coefficient (Wildman–Crippen LogP) is 2.56. The number of alkyl halides is 3. The molecule has 1 atom stereocenters. The Balaban J connectivity index is 2.71. The minimum Gasteiger partial charge on any atom is -0.478 e. The molecule has 1 aromatic carbocycles. The van der Waals surface area contributed by atoms with Gasteiger partial charge < -0.3 is 10.4 Å². The summed E-state index contributed by atoms with van der Waals surface area (Å²) < 4.78 is 36.2. The summed E-state index contributed by atoms with van der Waals surface area (Å²) in [6, 6.07) is 5.84. The third-order valence-electron chi connectivity index (χ3n) is 2.89. The first-order chi connectivity index (χ1) is 9.25. The minimum atomic E-state index is -4.90. The smallest absolute Gasteiger partial charge is 0.471 e. The fourth-order valence-corrected chi connectivity index (χ4v) is 1.71. The van der Waals surface area contributed by atoms with Crippen molar-refractivity contribution in [3.63, 3.8) is 0 Å². The average molecular weight is 289 g/mol. The second kappa shape index (κ2) is 6.40. The van der Waals surface area contributed by atoms with Crippen molar-refractivity contribution in [2.75, 3.05) is 6.54 Å². The highest BCUT2D eigenvalue weighted by molar-refractivity contribution is 5.87. The molecular formula is C13H14F3NO3. The highest BCUT2D eigenvalue weighted by Gasteiger charge is 2.38. The van der Waals surface area contributed by atoms with E-state index in [1.807, 2.05) is 5.32 Å². The number of nitrogens with one attached hydrogen (secondary N) is 1. The van der Waals surface area contributed by atoms with E-state index in [1.165, 1.54) is 24.3 Å². The molecule has 0 aromatic heterocycles. The van der Waals surface area contributed by atoms with E-state index in [2.05, 4.69) is 0 Å². The molecule has 0 saturated heterocycles. The summed E-state index contributed by atoms with van der Waals surface area (Å²) in [5.41, 5.74) is 0.780. The molecule has 7 heteroatoms. The molecular weight excluding hydrogens is 275 g/mol. The molecule has 0 bridgehead atoms. The van der Waals surface area contributed by atoms with Crippen LogP contribution in [0.25, 0.3) is 0 Å². The second-order valence-corrected chi connectivity index (χ2v) is 4.24. The Labute approximate surface area is 113 Å². The molecule has 0 spiro atoms. The van der Waals surface area contributed by atoms with Gasteiger partial charge in [-0.1, -0.05) is 19.1 Å². The topological polar surface area (TPSA) is 66.4 Å². The standard InChI is InChI=1S/C13H14F3NO3/c1-2-8(7-17-12(20)13(14,15)16)9-3-5-10(6-4-9)11(18)19/h3-6,8H,2,7H2,1H3,(H,17,20)(H,18,19). The number of carbonyl (C=O) groups excluding carboxylic acids is 1. The normalized spacial score (nSPS) is 12.8. The van der Waals surface area contributed by atoms with Crippen LogP contribution in [-0.4, -0.2) is 29.7 Å². The van der Waals surface area contributed by atoms with E-state index in [4.69, 9.17) is 5.11 Å². The molecule has 1 amide bonds. The molecule has 1 aromatic rings. The molecule has 4 nitrogen and oxygen atoms in total. The van der Waals surface area contributed by atoms with Crippen molar-refractivity contribution in [3.8, 4) is 0 Å². The lowest BCUT2D eigenvalue weighted by molar-refractivity contribution is -0.173. The molecule has 110 valence electrons. The van der Waals surface area contributed by atoms with Gasteiger partial charge >= 0.3 is 18.1 Å². The summed E-state index contributed by atoms with van der Waals surface area (Å²) >= 11 is 0. The maximum Gasteiger partial charge on any atom is 0.471 e. The van der Waals surface area contributed by atoms with Gasteiger partial charge in [0.25, 0.3) is 0 Å². The maximum atomic E-state index is 12.1. The number of benzene rings is 1. The molecule has 0 saturated carbocycles. The number of hydrogen-bond donors (Lipinski definition) is 2. The van der Waals surface area contributed by atoms with E-state index >= 15 is 0 Å². The predicted molar refractivity (Wildman–Crippen MR) is 65.5 cm³/mol. The van der Waals surface area contributed by atoms with Crippen LogP contribution in [-0.2, 0) is 4.79 Å². The van der Waals surface area contributed by atoms with Gasteiger partial charge in [0.1, 0.15) is 0 Å². The van der Waals surface area contributed by atoms with Crippen LogP contribution in [0, 0.1) is 0 Å². The van der Waals surface area contributed by atoms with Crippen LogP contribution in [0.3, 0.4) is 0 Å². The van der Waals surface area contributed by atoms with E-state index in [9.17, 15) is 22.8 Å². The molecule has 2 N–H and O–H groups in total. The summed E-state index contributed by atoms with van der Waals surface area (Å²) in [4.78, 5) is 21.4. The first-order valence-electron chi connectivity index (χ1n) is 5.94. The first-order valence-corrected chi connectivity index (χ1v) is 5.94. The Morgan fingerprint density at radius 3 is 2.20 bits per heavy atom. The summed E-state index contributed by atoms with van der Waals surface area (Å²) in [6.45, 7) is 1.62. The van der Waals surface area contributed by atoms with Crippen molar-refractivity contribution in [1.29, 1.82) is 0 Å². The van der Waals surface area contributed by atoms with Crippen LogP contribution in [0.15, 0.2) is 24.3 Å². The molecule has 0 heterocycles. The third-order valence-corrected chi connectivity index (χ3v) is 2.89. The van der Waals surface area contributed by atoms with Crippen molar-refractivity contribution in [1.82, 2.24) is 5.32 Å². The lowest BCUT2D eigenvalue weighted by Crippen LogP contribution is -2.38. The largest absolute Gasteiger partial charge is 0.478 e. The summed E-state index contributed by atoms with van der Waals surface area (Å²) in [7, 11) is 0. The number of carboxylic acids is 1. The fourth-order valence-electron chi connectivity index (χ4n) is 1.71. The fraction of sp³-hybridized carbons (Fsp3) is 0.385. The van der Waals surface area contributed by atoms with Crippen LogP contribution in [0.4, 0.5) is 13.2 Å². The number of aromatic carboxylic acids is 1. The van der Waals surface area contributed by atoms with Crippen LogP contribution in [0.1, 0.15) is 35.2 Å². The summed E-state index contributed by atoms with van der Waals surface area (Å²) in [6.07, 6.45) is -4.38. The van der Waals surface area contributed by atoms with Gasteiger partial charge in [-0.2, -0.15) is 13.2 Å². The van der Waals surface area contributed by atoms with Crippen LogP contribution < -0.4 is 5.32 Å². The number of carboxylic acid groups (broad SMARTS) is 1. The van der Waals surface area contributed by atoms with Crippen molar-refractivity contribution in [2.45, 2.75) is 25.4 Å². The lowest BCUT2D eigenvalue weighted by Gasteiger charge is -2.17. The Bertz CT molecular complexity index is 483. The minimum absolute atomic E-state index is 0.0999. The third kappa shape index (κ3) is 4.25. The highest BCUT2D eigenvalue weighted by atomic mass is 19.4. The Morgan fingerprint density at radius 2 is 1.80 bits per heavy atom. The number of rotatable bonds is 5. The average Bonchev–Trinajstić information content (AvgIpc) is 2.38. The number of halogens is 3.